The van der Waals surface area contributed by atoms with Gasteiger partial charge in [-0.15, -0.1) is 0 Å². The number of benzene rings is 1. The van der Waals surface area contributed by atoms with E-state index in [0.717, 1.165) is 6.42 Å². The average Bonchev–Trinajstić information content (AvgIpc) is 2.54. The quantitative estimate of drug-likeness (QED) is 0.356. The third-order valence-corrected chi connectivity index (χ3v) is 4.10. The number of carbonyl (C=O) groups excluding carboxylic acids is 1. The first-order chi connectivity index (χ1) is 11.4. The largest absolute Gasteiger partial charge is 0.466 e. The second kappa shape index (κ2) is 7.59. The first kappa shape index (κ1) is 18.2. The van der Waals surface area contributed by atoms with Crippen molar-refractivity contribution in [3.05, 3.63) is 50.2 Å². The average molecular weight is 370 g/mol. The predicted octanol–water partition coefficient (Wildman–Crippen LogP) is 2.99. The molecule has 0 unspecified atom stereocenters. The third kappa shape index (κ3) is 3.65. The molecule has 2 rings (SSSR count). The molecule has 0 saturated carbocycles. The number of methoxy groups -OCH3 is 1. The van der Waals surface area contributed by atoms with Crippen LogP contribution in [0.15, 0.2) is 29.5 Å². The summed E-state index contributed by atoms with van der Waals surface area (Å²) in [5, 5.41) is 17.4. The van der Waals surface area contributed by atoms with Crippen LogP contribution in [0.1, 0.15) is 31.4 Å². The molecule has 128 valence electrons. The second-order valence-corrected chi connectivity index (χ2v) is 5.95. The first-order valence-electron chi connectivity index (χ1n) is 7.21. The topological polar surface area (TPSA) is 93.5 Å². The second-order valence-electron chi connectivity index (χ2n) is 5.13. The van der Waals surface area contributed by atoms with E-state index in [1.807, 2.05) is 6.92 Å². The molecule has 0 amide bonds. The van der Waals surface area contributed by atoms with Gasteiger partial charge in [0.25, 0.3) is 5.69 Å². The normalized spacial score (nSPS) is 17.1. The number of carbonyl (C=O) groups is 1. The van der Waals surface area contributed by atoms with E-state index >= 15 is 0 Å². The van der Waals surface area contributed by atoms with Gasteiger partial charge in [0.05, 0.1) is 23.6 Å². The van der Waals surface area contributed by atoms with Gasteiger partial charge in [-0.05, 0) is 30.3 Å². The van der Waals surface area contributed by atoms with Crippen LogP contribution in [0, 0.1) is 10.1 Å². The first-order valence-corrected chi connectivity index (χ1v) is 8.00. The van der Waals surface area contributed by atoms with Crippen LogP contribution in [0.2, 0.25) is 5.02 Å². The number of halogens is 1. The van der Waals surface area contributed by atoms with Crippen LogP contribution in [0.3, 0.4) is 0 Å². The van der Waals surface area contributed by atoms with Crippen LogP contribution < -0.4 is 10.6 Å². The molecule has 1 aromatic carbocycles. The maximum atomic E-state index is 12.3. The molecule has 0 aliphatic carbocycles. The minimum atomic E-state index is -0.649. The Morgan fingerprint density at radius 2 is 2.21 bits per heavy atom. The fourth-order valence-corrected chi connectivity index (χ4v) is 2.94. The lowest BCUT2D eigenvalue weighted by Gasteiger charge is -2.30. The Kier molecular flexibility index (Phi) is 5.74. The molecule has 0 aromatic heterocycles. The molecule has 7 nitrogen and oxygen atoms in total. The molecule has 2 N–H and O–H groups in total. The summed E-state index contributed by atoms with van der Waals surface area (Å²) < 4.78 is 4.87. The molecular weight excluding hydrogens is 354 g/mol. The van der Waals surface area contributed by atoms with Crippen molar-refractivity contribution < 1.29 is 14.5 Å². The van der Waals surface area contributed by atoms with Crippen LogP contribution in [0.4, 0.5) is 5.69 Å². The monoisotopic (exact) mass is 369 g/mol. The van der Waals surface area contributed by atoms with Crippen molar-refractivity contribution >= 4 is 40.6 Å². The Morgan fingerprint density at radius 3 is 2.79 bits per heavy atom. The highest BCUT2D eigenvalue weighted by Gasteiger charge is 2.32. The number of allylic oxidation sites excluding steroid dienone is 1. The zero-order valence-electron chi connectivity index (χ0n) is 13.1. The highest BCUT2D eigenvalue weighted by atomic mass is 35.5. The number of nitrogens with one attached hydrogen (secondary N) is 2. The predicted molar refractivity (Wildman–Crippen MR) is 93.7 cm³/mol. The van der Waals surface area contributed by atoms with Crippen LogP contribution in [0.25, 0.3) is 0 Å². The molecule has 1 aromatic rings. The summed E-state index contributed by atoms with van der Waals surface area (Å²) >= 11 is 11.1. The Balaban J connectivity index is 2.58. The molecule has 9 heteroatoms. The fourth-order valence-electron chi connectivity index (χ4n) is 2.52. The molecule has 1 atom stereocenters. The third-order valence-electron chi connectivity index (χ3n) is 3.56. The van der Waals surface area contributed by atoms with E-state index in [4.69, 9.17) is 28.6 Å². The number of ether oxygens (including phenoxy) is 1. The van der Waals surface area contributed by atoms with E-state index in [-0.39, 0.29) is 10.7 Å². The lowest BCUT2D eigenvalue weighted by molar-refractivity contribution is -0.384. The van der Waals surface area contributed by atoms with Crippen molar-refractivity contribution in [2.75, 3.05) is 7.11 Å². The summed E-state index contributed by atoms with van der Waals surface area (Å²) in [5.74, 6) is -0.524. The lowest BCUT2D eigenvalue weighted by Crippen LogP contribution is -2.45. The standard InChI is InChI=1S/C15H16ClN3O4S/c1-3-4-10-12(14(20)23-2)13(18-15(24)17-10)8-5-6-9(16)11(7-8)19(21)22/h5-7,13H,3-4H2,1-2H3,(H2,17,18,24)/t13-/m1/s1. The van der Waals surface area contributed by atoms with Gasteiger partial charge in [-0.2, -0.15) is 0 Å². The number of nitrogens with zero attached hydrogens (tertiary/aromatic N) is 1. The van der Waals surface area contributed by atoms with Gasteiger partial charge >= 0.3 is 5.97 Å². The van der Waals surface area contributed by atoms with Crippen molar-refractivity contribution in [3.63, 3.8) is 0 Å². The number of esters is 1. The van der Waals surface area contributed by atoms with Gasteiger partial charge in [0.15, 0.2) is 5.11 Å². The Morgan fingerprint density at radius 1 is 1.50 bits per heavy atom. The minimum absolute atomic E-state index is 0.0256. The zero-order chi connectivity index (χ0) is 17.9. The molecule has 1 aliphatic rings. The van der Waals surface area contributed by atoms with Gasteiger partial charge in [0, 0.05) is 11.8 Å². The van der Waals surface area contributed by atoms with E-state index in [9.17, 15) is 14.9 Å². The van der Waals surface area contributed by atoms with Gasteiger partial charge in [-0.1, -0.05) is 31.0 Å². The highest BCUT2D eigenvalue weighted by Crippen LogP contribution is 2.33. The summed E-state index contributed by atoms with van der Waals surface area (Å²) in [7, 11) is 1.28. The number of nitro benzene ring substituents is 1. The molecule has 0 radical (unpaired) electrons. The summed E-state index contributed by atoms with van der Waals surface area (Å²) in [6, 6.07) is 3.73. The molecule has 0 bridgehead atoms. The van der Waals surface area contributed by atoms with Crippen LogP contribution in [0.5, 0.6) is 0 Å². The molecule has 0 spiro atoms. The Bertz CT molecular complexity index is 735. The molecule has 0 saturated heterocycles. The number of hydrogen-bond acceptors (Lipinski definition) is 5. The van der Waals surface area contributed by atoms with Gasteiger partial charge in [-0.3, -0.25) is 10.1 Å². The van der Waals surface area contributed by atoms with Crippen molar-refractivity contribution in [2.24, 2.45) is 0 Å². The van der Waals surface area contributed by atoms with E-state index in [1.165, 1.54) is 19.2 Å². The van der Waals surface area contributed by atoms with Crippen LogP contribution in [-0.4, -0.2) is 23.1 Å². The smallest absolute Gasteiger partial charge is 0.337 e. The summed E-state index contributed by atoms with van der Waals surface area (Å²) in [6.45, 7) is 1.97. The van der Waals surface area contributed by atoms with Crippen LogP contribution >= 0.6 is 23.8 Å². The van der Waals surface area contributed by atoms with Crippen molar-refractivity contribution in [1.29, 1.82) is 0 Å². The fraction of sp³-hybridized carbons (Fsp3) is 0.333. The van der Waals surface area contributed by atoms with Crippen LogP contribution in [-0.2, 0) is 9.53 Å². The maximum absolute atomic E-state index is 12.3. The SMILES string of the molecule is CCCC1=C(C(=O)OC)[C@@H](c2ccc(Cl)c([N+](=O)[O-])c2)NC(=S)N1. The number of nitro groups is 1. The van der Waals surface area contributed by atoms with E-state index in [0.29, 0.717) is 28.4 Å². The Hall–Kier alpha value is -2.19. The summed E-state index contributed by atoms with van der Waals surface area (Å²) in [6.07, 6.45) is 1.39. The molecule has 1 heterocycles. The summed E-state index contributed by atoms with van der Waals surface area (Å²) in [4.78, 5) is 22.8. The molecule has 24 heavy (non-hydrogen) atoms. The zero-order valence-corrected chi connectivity index (χ0v) is 14.7. The van der Waals surface area contributed by atoms with Gasteiger partial charge in [0.1, 0.15) is 5.02 Å². The maximum Gasteiger partial charge on any atom is 0.337 e. The van der Waals surface area contributed by atoms with Gasteiger partial charge < -0.3 is 15.4 Å². The number of hydrogen-bond donors (Lipinski definition) is 2. The molecule has 0 fully saturated rings. The summed E-state index contributed by atoms with van der Waals surface area (Å²) in [5.41, 5.74) is 1.27. The van der Waals surface area contributed by atoms with Crippen molar-refractivity contribution in [2.45, 2.75) is 25.8 Å². The van der Waals surface area contributed by atoms with Crippen molar-refractivity contribution in [3.8, 4) is 0 Å². The van der Waals surface area contributed by atoms with Gasteiger partial charge in [0.2, 0.25) is 0 Å². The van der Waals surface area contributed by atoms with E-state index in [2.05, 4.69) is 10.6 Å². The molecule has 1 aliphatic heterocycles. The van der Waals surface area contributed by atoms with E-state index < -0.39 is 16.9 Å². The number of thiocarbonyl (C=S) groups is 1. The van der Waals surface area contributed by atoms with Crippen molar-refractivity contribution in [1.82, 2.24) is 10.6 Å². The van der Waals surface area contributed by atoms with Gasteiger partial charge in [-0.25, -0.2) is 4.79 Å². The minimum Gasteiger partial charge on any atom is -0.466 e. The lowest BCUT2D eigenvalue weighted by atomic mass is 9.93. The number of rotatable bonds is 5. The molecular formula is C15H16ClN3O4S. The van der Waals surface area contributed by atoms with E-state index in [1.54, 1.807) is 6.07 Å². The Labute approximate surface area is 149 Å². The highest BCUT2D eigenvalue weighted by molar-refractivity contribution is 7.80.